The van der Waals surface area contributed by atoms with E-state index in [1.54, 1.807) is 0 Å². The SMILES string of the molecule is CC1CCN(c2ccc(NC(=O)C[NH+]3CCN(c4ccccc4)CC3)cc2)CC1. The number of nitrogens with zero attached hydrogens (tertiary/aromatic N) is 2. The van der Waals surface area contributed by atoms with E-state index in [9.17, 15) is 4.79 Å². The van der Waals surface area contributed by atoms with Gasteiger partial charge in [0.25, 0.3) is 5.91 Å². The first-order valence-corrected chi connectivity index (χ1v) is 11.0. The molecule has 154 valence electrons. The van der Waals surface area contributed by atoms with Gasteiger partial charge in [0.2, 0.25) is 0 Å². The minimum Gasteiger partial charge on any atom is -0.372 e. The molecule has 0 spiro atoms. The smallest absolute Gasteiger partial charge is 0.279 e. The van der Waals surface area contributed by atoms with Crippen molar-refractivity contribution in [2.75, 3.05) is 60.9 Å². The van der Waals surface area contributed by atoms with Crippen molar-refractivity contribution < 1.29 is 9.69 Å². The summed E-state index contributed by atoms with van der Waals surface area (Å²) < 4.78 is 0. The lowest BCUT2D eigenvalue weighted by atomic mass is 9.99. The first-order valence-electron chi connectivity index (χ1n) is 11.0. The Morgan fingerprint density at radius 1 is 0.897 bits per heavy atom. The Balaban J connectivity index is 1.23. The summed E-state index contributed by atoms with van der Waals surface area (Å²) >= 11 is 0. The Bertz CT molecular complexity index is 776. The Kier molecular flexibility index (Phi) is 6.35. The summed E-state index contributed by atoms with van der Waals surface area (Å²) in [5.41, 5.74) is 3.43. The number of amides is 1. The van der Waals surface area contributed by atoms with Crippen molar-refractivity contribution in [3.05, 3.63) is 54.6 Å². The number of carbonyl (C=O) groups excluding carboxylic acids is 1. The number of quaternary nitrogens is 1. The fraction of sp³-hybridized carbons (Fsp3) is 0.458. The highest BCUT2D eigenvalue weighted by Crippen LogP contribution is 2.24. The van der Waals surface area contributed by atoms with Gasteiger partial charge in [0.1, 0.15) is 0 Å². The number of hydrogen-bond acceptors (Lipinski definition) is 3. The molecule has 2 aliphatic rings. The number of anilines is 3. The van der Waals surface area contributed by atoms with Crippen LogP contribution in [0, 0.1) is 5.92 Å². The molecule has 0 unspecified atom stereocenters. The van der Waals surface area contributed by atoms with E-state index >= 15 is 0 Å². The zero-order valence-electron chi connectivity index (χ0n) is 17.4. The molecule has 2 aromatic carbocycles. The maximum Gasteiger partial charge on any atom is 0.279 e. The molecule has 2 heterocycles. The molecule has 5 heteroatoms. The quantitative estimate of drug-likeness (QED) is 0.819. The molecule has 4 rings (SSSR count). The number of rotatable bonds is 5. The molecule has 0 saturated carbocycles. The van der Waals surface area contributed by atoms with E-state index in [0.717, 1.165) is 50.9 Å². The van der Waals surface area contributed by atoms with Crippen LogP contribution in [0.2, 0.25) is 0 Å². The van der Waals surface area contributed by atoms with Crippen molar-refractivity contribution in [1.82, 2.24) is 0 Å². The Hall–Kier alpha value is -2.53. The third-order valence-electron chi connectivity index (χ3n) is 6.30. The van der Waals surface area contributed by atoms with Gasteiger partial charge >= 0.3 is 0 Å². The summed E-state index contributed by atoms with van der Waals surface area (Å²) in [4.78, 5) is 18.7. The first-order chi connectivity index (χ1) is 14.2. The fourth-order valence-electron chi connectivity index (χ4n) is 4.35. The van der Waals surface area contributed by atoms with Crippen LogP contribution in [-0.2, 0) is 4.79 Å². The molecule has 29 heavy (non-hydrogen) atoms. The van der Waals surface area contributed by atoms with Gasteiger partial charge in [-0.25, -0.2) is 0 Å². The Morgan fingerprint density at radius 3 is 2.14 bits per heavy atom. The van der Waals surface area contributed by atoms with Crippen LogP contribution in [0.15, 0.2) is 54.6 Å². The second-order valence-electron chi connectivity index (χ2n) is 8.51. The Labute approximate surface area is 174 Å². The number of nitrogens with one attached hydrogen (secondary N) is 2. The van der Waals surface area contributed by atoms with Crippen LogP contribution >= 0.6 is 0 Å². The van der Waals surface area contributed by atoms with Crippen LogP contribution in [0.1, 0.15) is 19.8 Å². The van der Waals surface area contributed by atoms with E-state index < -0.39 is 0 Å². The predicted molar refractivity (Wildman–Crippen MR) is 120 cm³/mol. The third-order valence-corrected chi connectivity index (χ3v) is 6.30. The molecule has 2 aliphatic heterocycles. The summed E-state index contributed by atoms with van der Waals surface area (Å²) in [7, 11) is 0. The molecular weight excluding hydrogens is 360 g/mol. The average Bonchev–Trinajstić information content (AvgIpc) is 2.76. The van der Waals surface area contributed by atoms with E-state index in [-0.39, 0.29) is 5.91 Å². The zero-order valence-corrected chi connectivity index (χ0v) is 17.4. The molecular formula is C24H33N4O+. The maximum absolute atomic E-state index is 12.5. The second kappa shape index (κ2) is 9.31. The molecule has 2 aromatic rings. The minimum atomic E-state index is 0.104. The minimum absolute atomic E-state index is 0.104. The molecule has 2 N–H and O–H groups in total. The fourth-order valence-corrected chi connectivity index (χ4v) is 4.35. The second-order valence-corrected chi connectivity index (χ2v) is 8.51. The van der Waals surface area contributed by atoms with Crippen molar-refractivity contribution >= 4 is 23.0 Å². The summed E-state index contributed by atoms with van der Waals surface area (Å²) in [6.07, 6.45) is 2.53. The largest absolute Gasteiger partial charge is 0.372 e. The standard InChI is InChI=1S/C24H32N4O/c1-20-11-13-27(14-12-20)23-9-7-21(8-10-23)25-24(29)19-26-15-17-28(18-16-26)22-5-3-2-4-6-22/h2-10,20H,11-19H2,1H3,(H,25,29)/p+1. The van der Waals surface area contributed by atoms with Crippen molar-refractivity contribution in [2.45, 2.75) is 19.8 Å². The highest BCUT2D eigenvalue weighted by atomic mass is 16.2. The molecule has 0 aliphatic carbocycles. The van der Waals surface area contributed by atoms with Gasteiger partial charge in [0.15, 0.2) is 6.54 Å². The number of carbonyl (C=O) groups is 1. The van der Waals surface area contributed by atoms with E-state index in [1.165, 1.54) is 29.1 Å². The molecule has 0 atom stereocenters. The highest BCUT2D eigenvalue weighted by Gasteiger charge is 2.22. The van der Waals surface area contributed by atoms with Crippen molar-refractivity contribution in [1.29, 1.82) is 0 Å². The van der Waals surface area contributed by atoms with Crippen molar-refractivity contribution in [3.63, 3.8) is 0 Å². The van der Waals surface area contributed by atoms with Crippen LogP contribution in [0.5, 0.6) is 0 Å². The average molecular weight is 394 g/mol. The molecule has 0 bridgehead atoms. The summed E-state index contributed by atoms with van der Waals surface area (Å²) in [6.45, 7) is 9.11. The van der Waals surface area contributed by atoms with Crippen molar-refractivity contribution in [2.24, 2.45) is 5.92 Å². The highest BCUT2D eigenvalue weighted by molar-refractivity contribution is 5.91. The van der Waals surface area contributed by atoms with Gasteiger partial charge in [-0.15, -0.1) is 0 Å². The van der Waals surface area contributed by atoms with Gasteiger partial charge in [-0.3, -0.25) is 4.79 Å². The monoisotopic (exact) mass is 393 g/mol. The van der Waals surface area contributed by atoms with Gasteiger partial charge in [0.05, 0.1) is 26.2 Å². The van der Waals surface area contributed by atoms with Crippen molar-refractivity contribution in [3.8, 4) is 0 Å². The van der Waals surface area contributed by atoms with E-state index in [2.05, 4.69) is 64.5 Å². The Morgan fingerprint density at radius 2 is 1.48 bits per heavy atom. The zero-order chi connectivity index (χ0) is 20.1. The molecule has 2 fully saturated rings. The van der Waals surface area contributed by atoms with E-state index in [4.69, 9.17) is 0 Å². The lowest BCUT2D eigenvalue weighted by Crippen LogP contribution is -3.15. The molecule has 0 radical (unpaired) electrons. The number of benzene rings is 2. The van der Waals surface area contributed by atoms with Crippen LogP contribution in [0.25, 0.3) is 0 Å². The molecule has 1 amide bonds. The maximum atomic E-state index is 12.5. The predicted octanol–water partition coefficient (Wildman–Crippen LogP) is 2.27. The summed E-state index contributed by atoms with van der Waals surface area (Å²) in [5.74, 6) is 0.939. The van der Waals surface area contributed by atoms with Crippen LogP contribution < -0.4 is 20.0 Å². The lowest BCUT2D eigenvalue weighted by Gasteiger charge is -2.33. The van der Waals surface area contributed by atoms with Crippen LogP contribution in [0.4, 0.5) is 17.1 Å². The normalized spacial score (nSPS) is 18.7. The van der Waals surface area contributed by atoms with Gasteiger partial charge in [-0.1, -0.05) is 25.1 Å². The lowest BCUT2D eigenvalue weighted by molar-refractivity contribution is -0.892. The van der Waals surface area contributed by atoms with Crippen LogP contribution in [0.3, 0.4) is 0 Å². The number of para-hydroxylation sites is 1. The topological polar surface area (TPSA) is 40.0 Å². The molecule has 0 aromatic heterocycles. The number of piperazine rings is 1. The van der Waals surface area contributed by atoms with Gasteiger partial charge in [0, 0.05) is 30.2 Å². The molecule has 5 nitrogen and oxygen atoms in total. The summed E-state index contributed by atoms with van der Waals surface area (Å²) in [6, 6.07) is 18.9. The number of hydrogen-bond donors (Lipinski definition) is 2. The number of piperidine rings is 1. The first kappa shape index (κ1) is 19.8. The van der Waals surface area contributed by atoms with E-state index in [1.807, 2.05) is 12.1 Å². The summed E-state index contributed by atoms with van der Waals surface area (Å²) in [5, 5.41) is 3.08. The van der Waals surface area contributed by atoms with Crippen LogP contribution in [-0.4, -0.2) is 51.7 Å². The molecule has 2 saturated heterocycles. The van der Waals surface area contributed by atoms with Gasteiger partial charge < -0.3 is 20.0 Å². The van der Waals surface area contributed by atoms with E-state index in [0.29, 0.717) is 6.54 Å². The van der Waals surface area contributed by atoms with Gasteiger partial charge in [-0.2, -0.15) is 0 Å². The third kappa shape index (κ3) is 5.30. The van der Waals surface area contributed by atoms with Gasteiger partial charge in [-0.05, 0) is 55.2 Å².